The molecule has 1 rings (SSSR count). The summed E-state index contributed by atoms with van der Waals surface area (Å²) < 4.78 is 5.62. The Morgan fingerprint density at radius 1 is 1.35 bits per heavy atom. The molecule has 2 atom stereocenters. The third kappa shape index (κ3) is 5.84. The average molecular weight is 243 g/mol. The summed E-state index contributed by atoms with van der Waals surface area (Å²) in [4.78, 5) is 2.43. The van der Waals surface area contributed by atoms with Gasteiger partial charge in [-0.25, -0.2) is 0 Å². The van der Waals surface area contributed by atoms with Gasteiger partial charge in [0.15, 0.2) is 0 Å². The minimum atomic E-state index is -0.360. The molecule has 3 nitrogen and oxygen atoms in total. The van der Waals surface area contributed by atoms with Gasteiger partial charge < -0.3 is 9.84 Å². The number of hydrogen-bond acceptors (Lipinski definition) is 3. The summed E-state index contributed by atoms with van der Waals surface area (Å²) in [5, 5.41) is 10.0. The van der Waals surface area contributed by atoms with Gasteiger partial charge in [0.2, 0.25) is 0 Å². The zero-order chi connectivity index (χ0) is 12.9. The predicted molar refractivity (Wildman–Crippen MR) is 71.2 cm³/mol. The molecule has 102 valence electrons. The minimum absolute atomic E-state index is 0.160. The molecule has 1 N–H and O–H groups in total. The molecule has 1 aliphatic rings. The topological polar surface area (TPSA) is 32.7 Å². The summed E-state index contributed by atoms with van der Waals surface area (Å²) in [5.41, 5.74) is -0.160. The Kier molecular flexibility index (Phi) is 5.90. The molecular formula is C14H29NO2. The standard InChI is InChI=1S/C14H29NO2/c1-5-12-8-6-7-9-15(12)10-13(16)11-17-14(2,3)4/h12-13,16H,5-11H2,1-4H3. The first-order valence-electron chi connectivity index (χ1n) is 6.98. The van der Waals surface area contributed by atoms with Crippen LogP contribution in [0, 0.1) is 0 Å². The van der Waals surface area contributed by atoms with Crippen molar-refractivity contribution in [3.05, 3.63) is 0 Å². The molecule has 3 heteroatoms. The summed E-state index contributed by atoms with van der Waals surface area (Å²) >= 11 is 0. The number of likely N-dealkylation sites (tertiary alicyclic amines) is 1. The van der Waals surface area contributed by atoms with Gasteiger partial charge in [0, 0.05) is 12.6 Å². The molecule has 1 heterocycles. The molecule has 1 fully saturated rings. The second-order valence-corrected chi connectivity index (χ2v) is 6.13. The quantitative estimate of drug-likeness (QED) is 0.805. The third-order valence-corrected chi connectivity index (χ3v) is 3.37. The number of hydrogen-bond donors (Lipinski definition) is 1. The molecule has 2 unspecified atom stereocenters. The van der Waals surface area contributed by atoms with Crippen molar-refractivity contribution in [3.8, 4) is 0 Å². The molecular weight excluding hydrogens is 214 g/mol. The van der Waals surface area contributed by atoms with Crippen molar-refractivity contribution in [3.63, 3.8) is 0 Å². The van der Waals surface area contributed by atoms with Crippen LogP contribution >= 0.6 is 0 Å². The second kappa shape index (κ2) is 6.72. The highest BCUT2D eigenvalue weighted by Crippen LogP contribution is 2.19. The van der Waals surface area contributed by atoms with E-state index in [1.165, 1.54) is 25.7 Å². The van der Waals surface area contributed by atoms with Gasteiger partial charge in [0.25, 0.3) is 0 Å². The Hall–Kier alpha value is -0.120. The molecule has 0 aromatic rings. The first-order valence-corrected chi connectivity index (χ1v) is 6.98. The molecule has 1 aliphatic heterocycles. The van der Waals surface area contributed by atoms with Gasteiger partial charge in [0.05, 0.1) is 18.3 Å². The van der Waals surface area contributed by atoms with Crippen molar-refractivity contribution in [2.45, 2.75) is 71.1 Å². The van der Waals surface area contributed by atoms with Crippen molar-refractivity contribution in [1.82, 2.24) is 4.90 Å². The highest BCUT2D eigenvalue weighted by atomic mass is 16.5. The van der Waals surface area contributed by atoms with E-state index in [0.29, 0.717) is 12.6 Å². The molecule has 0 saturated carbocycles. The summed E-state index contributed by atoms with van der Waals surface area (Å²) in [7, 11) is 0. The van der Waals surface area contributed by atoms with Crippen LogP contribution < -0.4 is 0 Å². The fourth-order valence-corrected chi connectivity index (χ4v) is 2.43. The molecule has 0 spiro atoms. The zero-order valence-electron chi connectivity index (χ0n) is 11.9. The van der Waals surface area contributed by atoms with Crippen LogP contribution in [0.5, 0.6) is 0 Å². The van der Waals surface area contributed by atoms with E-state index in [-0.39, 0.29) is 11.7 Å². The fraction of sp³-hybridized carbons (Fsp3) is 1.00. The average Bonchev–Trinajstić information content (AvgIpc) is 2.26. The lowest BCUT2D eigenvalue weighted by Crippen LogP contribution is -2.45. The Labute approximate surface area is 106 Å². The number of β-amino-alcohol motifs (C(OH)–C–C–N with tert-alkyl or cyclic N) is 1. The summed E-state index contributed by atoms with van der Waals surface area (Å²) in [6.07, 6.45) is 4.71. The van der Waals surface area contributed by atoms with Crippen LogP contribution in [-0.2, 0) is 4.74 Å². The van der Waals surface area contributed by atoms with Crippen molar-refractivity contribution in [2.24, 2.45) is 0 Å². The Balaban J connectivity index is 2.31. The number of aliphatic hydroxyl groups excluding tert-OH is 1. The number of ether oxygens (including phenoxy) is 1. The van der Waals surface area contributed by atoms with E-state index in [4.69, 9.17) is 4.74 Å². The van der Waals surface area contributed by atoms with E-state index < -0.39 is 0 Å². The van der Waals surface area contributed by atoms with E-state index in [1.807, 2.05) is 20.8 Å². The minimum Gasteiger partial charge on any atom is -0.389 e. The fourth-order valence-electron chi connectivity index (χ4n) is 2.43. The maximum absolute atomic E-state index is 10.0. The number of rotatable bonds is 5. The van der Waals surface area contributed by atoms with Gasteiger partial charge in [-0.3, -0.25) is 4.90 Å². The van der Waals surface area contributed by atoms with Crippen LogP contribution in [-0.4, -0.2) is 47.4 Å². The SMILES string of the molecule is CCC1CCCCN1CC(O)COC(C)(C)C. The molecule has 0 aromatic heterocycles. The van der Waals surface area contributed by atoms with Crippen molar-refractivity contribution in [1.29, 1.82) is 0 Å². The Morgan fingerprint density at radius 3 is 2.65 bits per heavy atom. The third-order valence-electron chi connectivity index (χ3n) is 3.37. The first kappa shape index (κ1) is 14.9. The highest BCUT2D eigenvalue weighted by Gasteiger charge is 2.23. The normalized spacial score (nSPS) is 24.9. The van der Waals surface area contributed by atoms with E-state index in [1.54, 1.807) is 0 Å². The maximum Gasteiger partial charge on any atom is 0.0900 e. The maximum atomic E-state index is 10.0. The number of piperidine rings is 1. The molecule has 17 heavy (non-hydrogen) atoms. The lowest BCUT2D eigenvalue weighted by atomic mass is 9.99. The van der Waals surface area contributed by atoms with Gasteiger partial charge in [-0.1, -0.05) is 13.3 Å². The molecule has 1 saturated heterocycles. The van der Waals surface area contributed by atoms with Crippen molar-refractivity contribution < 1.29 is 9.84 Å². The van der Waals surface area contributed by atoms with Gasteiger partial charge in [-0.05, 0) is 46.6 Å². The summed E-state index contributed by atoms with van der Waals surface area (Å²) in [6, 6.07) is 0.660. The van der Waals surface area contributed by atoms with Gasteiger partial charge >= 0.3 is 0 Å². The van der Waals surface area contributed by atoms with Crippen molar-refractivity contribution in [2.75, 3.05) is 19.7 Å². The van der Waals surface area contributed by atoms with E-state index >= 15 is 0 Å². The molecule has 0 radical (unpaired) electrons. The lowest BCUT2D eigenvalue weighted by Gasteiger charge is -2.36. The van der Waals surface area contributed by atoms with Crippen LogP contribution in [0.15, 0.2) is 0 Å². The highest BCUT2D eigenvalue weighted by molar-refractivity contribution is 4.78. The van der Waals surface area contributed by atoms with Crippen LogP contribution in [0.4, 0.5) is 0 Å². The first-order chi connectivity index (χ1) is 7.92. The molecule has 0 aliphatic carbocycles. The number of aliphatic hydroxyl groups is 1. The van der Waals surface area contributed by atoms with Crippen molar-refractivity contribution >= 4 is 0 Å². The van der Waals surface area contributed by atoms with E-state index in [2.05, 4.69) is 11.8 Å². The Morgan fingerprint density at radius 2 is 2.06 bits per heavy atom. The number of nitrogens with zero attached hydrogens (tertiary/aromatic N) is 1. The van der Waals surface area contributed by atoms with E-state index in [9.17, 15) is 5.11 Å². The van der Waals surface area contributed by atoms with Gasteiger partial charge in [0.1, 0.15) is 0 Å². The molecule has 0 bridgehead atoms. The predicted octanol–water partition coefficient (Wildman–Crippen LogP) is 2.43. The summed E-state index contributed by atoms with van der Waals surface area (Å²) in [6.45, 7) is 10.6. The summed E-state index contributed by atoms with van der Waals surface area (Å²) in [5.74, 6) is 0. The Bertz CT molecular complexity index is 213. The second-order valence-electron chi connectivity index (χ2n) is 6.13. The van der Waals surface area contributed by atoms with Crippen LogP contribution in [0.25, 0.3) is 0 Å². The van der Waals surface area contributed by atoms with E-state index in [0.717, 1.165) is 13.1 Å². The zero-order valence-corrected chi connectivity index (χ0v) is 11.9. The van der Waals surface area contributed by atoms with Crippen LogP contribution in [0.1, 0.15) is 53.4 Å². The largest absolute Gasteiger partial charge is 0.389 e. The van der Waals surface area contributed by atoms with Gasteiger partial charge in [-0.2, -0.15) is 0 Å². The molecule has 0 aromatic carbocycles. The lowest BCUT2D eigenvalue weighted by molar-refractivity contribution is -0.0609. The van der Waals surface area contributed by atoms with Crippen LogP contribution in [0.2, 0.25) is 0 Å². The smallest absolute Gasteiger partial charge is 0.0900 e. The van der Waals surface area contributed by atoms with Gasteiger partial charge in [-0.15, -0.1) is 0 Å². The monoisotopic (exact) mass is 243 g/mol. The molecule has 0 amide bonds. The van der Waals surface area contributed by atoms with Crippen LogP contribution in [0.3, 0.4) is 0 Å².